The smallest absolute Gasteiger partial charge is 0.0217 e. The van der Waals surface area contributed by atoms with Crippen molar-refractivity contribution >= 4 is 0 Å². The number of nitrogens with one attached hydrogen (secondary N) is 1. The minimum Gasteiger partial charge on any atom is -0.315 e. The van der Waals surface area contributed by atoms with E-state index < -0.39 is 0 Å². The van der Waals surface area contributed by atoms with Gasteiger partial charge in [-0.1, -0.05) is 27.2 Å². The fourth-order valence-electron chi connectivity index (χ4n) is 2.76. The Bertz CT molecular complexity index is 212. The van der Waals surface area contributed by atoms with Crippen molar-refractivity contribution < 1.29 is 0 Å². The van der Waals surface area contributed by atoms with Crippen LogP contribution >= 0.6 is 0 Å². The molecule has 18 heavy (non-hydrogen) atoms. The van der Waals surface area contributed by atoms with Gasteiger partial charge in [0.2, 0.25) is 0 Å². The van der Waals surface area contributed by atoms with E-state index in [-0.39, 0.29) is 0 Å². The summed E-state index contributed by atoms with van der Waals surface area (Å²) in [6.07, 6.45) is 2.53. The molecule has 1 saturated heterocycles. The van der Waals surface area contributed by atoms with E-state index in [9.17, 15) is 0 Å². The Morgan fingerprint density at radius 3 is 2.06 bits per heavy atom. The molecule has 3 unspecified atom stereocenters. The highest BCUT2D eigenvalue weighted by Gasteiger charge is 2.23. The van der Waals surface area contributed by atoms with Crippen LogP contribution in [0.5, 0.6) is 0 Å². The second-order valence-corrected chi connectivity index (χ2v) is 5.87. The fourth-order valence-corrected chi connectivity index (χ4v) is 2.76. The zero-order chi connectivity index (χ0) is 13.5. The van der Waals surface area contributed by atoms with E-state index in [1.165, 1.54) is 45.6 Å². The van der Waals surface area contributed by atoms with E-state index >= 15 is 0 Å². The fraction of sp³-hybridized carbons (Fsp3) is 1.00. The number of nitrogens with zero attached hydrogens (tertiary/aromatic N) is 2. The molecule has 0 aromatic heterocycles. The van der Waals surface area contributed by atoms with Gasteiger partial charge in [0.1, 0.15) is 0 Å². The molecule has 1 fully saturated rings. The lowest BCUT2D eigenvalue weighted by molar-refractivity contribution is 0.0893. The van der Waals surface area contributed by atoms with E-state index in [0.29, 0.717) is 6.04 Å². The van der Waals surface area contributed by atoms with E-state index in [1.54, 1.807) is 0 Å². The maximum absolute atomic E-state index is 3.49. The lowest BCUT2D eigenvalue weighted by atomic mass is 9.98. The summed E-state index contributed by atoms with van der Waals surface area (Å²) in [7, 11) is 2.10. The van der Waals surface area contributed by atoms with Gasteiger partial charge in [-0.2, -0.15) is 0 Å². The van der Waals surface area contributed by atoms with Gasteiger partial charge in [0, 0.05) is 44.8 Å². The molecule has 0 saturated carbocycles. The summed E-state index contributed by atoms with van der Waals surface area (Å²) in [5.41, 5.74) is 0. The van der Waals surface area contributed by atoms with Crippen molar-refractivity contribution in [2.24, 2.45) is 5.92 Å². The Balaban J connectivity index is 2.34. The van der Waals surface area contributed by atoms with Crippen molar-refractivity contribution in [1.29, 1.82) is 0 Å². The van der Waals surface area contributed by atoms with Gasteiger partial charge < -0.3 is 5.32 Å². The molecule has 0 aromatic rings. The van der Waals surface area contributed by atoms with E-state index in [0.717, 1.165) is 12.0 Å². The molecule has 1 N–H and O–H groups in total. The average molecular weight is 255 g/mol. The summed E-state index contributed by atoms with van der Waals surface area (Å²) in [5, 5.41) is 3.49. The van der Waals surface area contributed by atoms with Crippen LogP contribution in [0.2, 0.25) is 0 Å². The molecule has 3 nitrogen and oxygen atoms in total. The molecule has 1 aliphatic heterocycles. The second-order valence-electron chi connectivity index (χ2n) is 5.87. The first kappa shape index (κ1) is 15.9. The lowest BCUT2D eigenvalue weighted by Gasteiger charge is -2.39. The van der Waals surface area contributed by atoms with Gasteiger partial charge in [-0.05, 0) is 26.3 Å². The zero-order valence-corrected chi connectivity index (χ0v) is 13.1. The van der Waals surface area contributed by atoms with Crippen LogP contribution in [0.1, 0.15) is 40.5 Å². The minimum atomic E-state index is 0.644. The van der Waals surface area contributed by atoms with Crippen molar-refractivity contribution in [2.75, 3.05) is 39.8 Å². The Morgan fingerprint density at radius 2 is 1.61 bits per heavy atom. The van der Waals surface area contributed by atoms with Crippen molar-refractivity contribution in [1.82, 2.24) is 15.1 Å². The lowest BCUT2D eigenvalue weighted by Crippen LogP contribution is -2.53. The van der Waals surface area contributed by atoms with E-state index in [2.05, 4.69) is 49.9 Å². The summed E-state index contributed by atoms with van der Waals surface area (Å²) < 4.78 is 0. The summed E-state index contributed by atoms with van der Waals surface area (Å²) >= 11 is 0. The first-order chi connectivity index (χ1) is 8.62. The molecule has 1 rings (SSSR count). The number of rotatable bonds is 7. The largest absolute Gasteiger partial charge is 0.315 e. The van der Waals surface area contributed by atoms with Gasteiger partial charge >= 0.3 is 0 Å². The topological polar surface area (TPSA) is 18.5 Å². The van der Waals surface area contributed by atoms with Crippen LogP contribution in [-0.4, -0.2) is 61.7 Å². The van der Waals surface area contributed by atoms with Crippen molar-refractivity contribution in [3.05, 3.63) is 0 Å². The first-order valence-corrected chi connectivity index (χ1v) is 7.76. The van der Waals surface area contributed by atoms with Crippen LogP contribution in [0.3, 0.4) is 0 Å². The molecule has 0 aromatic carbocycles. The van der Waals surface area contributed by atoms with Crippen LogP contribution in [-0.2, 0) is 0 Å². The van der Waals surface area contributed by atoms with Gasteiger partial charge in [-0.3, -0.25) is 9.80 Å². The maximum atomic E-state index is 3.49. The molecule has 1 aliphatic rings. The SMILES string of the molecule is CCC(C)C(CN1CCN(C(C)CC)CC1)NC. The standard InChI is InChI=1S/C15H33N3/c1-6-13(3)15(16-5)12-17-8-10-18(11-9-17)14(4)7-2/h13-16H,6-12H2,1-5H3. The Morgan fingerprint density at radius 1 is 1.00 bits per heavy atom. The summed E-state index contributed by atoms with van der Waals surface area (Å²) in [4.78, 5) is 5.26. The summed E-state index contributed by atoms with van der Waals surface area (Å²) in [6, 6.07) is 1.40. The van der Waals surface area contributed by atoms with Crippen molar-refractivity contribution in [3.63, 3.8) is 0 Å². The molecule has 0 amide bonds. The number of hydrogen-bond donors (Lipinski definition) is 1. The maximum Gasteiger partial charge on any atom is 0.0217 e. The van der Waals surface area contributed by atoms with Crippen LogP contribution in [0, 0.1) is 5.92 Å². The summed E-state index contributed by atoms with van der Waals surface area (Å²) in [6.45, 7) is 15.4. The monoisotopic (exact) mass is 255 g/mol. The van der Waals surface area contributed by atoms with Crippen LogP contribution in [0.15, 0.2) is 0 Å². The average Bonchev–Trinajstić information content (AvgIpc) is 2.43. The van der Waals surface area contributed by atoms with Crippen LogP contribution < -0.4 is 5.32 Å². The van der Waals surface area contributed by atoms with Crippen LogP contribution in [0.4, 0.5) is 0 Å². The molecule has 3 heteroatoms. The van der Waals surface area contributed by atoms with Gasteiger partial charge in [-0.15, -0.1) is 0 Å². The van der Waals surface area contributed by atoms with E-state index in [1.807, 2.05) is 0 Å². The minimum absolute atomic E-state index is 0.644. The molecule has 108 valence electrons. The number of hydrogen-bond acceptors (Lipinski definition) is 3. The molecular weight excluding hydrogens is 222 g/mol. The molecule has 0 radical (unpaired) electrons. The Kier molecular flexibility index (Phi) is 7.20. The Hall–Kier alpha value is -0.120. The highest BCUT2D eigenvalue weighted by atomic mass is 15.3. The molecule has 0 aliphatic carbocycles. The highest BCUT2D eigenvalue weighted by molar-refractivity contribution is 4.80. The molecular formula is C15H33N3. The number of likely N-dealkylation sites (N-methyl/N-ethyl adjacent to an activating group) is 1. The summed E-state index contributed by atoms with van der Waals surface area (Å²) in [5.74, 6) is 0.766. The van der Waals surface area contributed by atoms with Gasteiger partial charge in [0.05, 0.1) is 0 Å². The third-order valence-corrected chi connectivity index (χ3v) is 4.78. The first-order valence-electron chi connectivity index (χ1n) is 7.76. The molecule has 1 heterocycles. The molecule has 3 atom stereocenters. The second kappa shape index (κ2) is 8.13. The third kappa shape index (κ3) is 4.52. The predicted octanol–water partition coefficient (Wildman–Crippen LogP) is 2.04. The normalized spacial score (nSPS) is 23.8. The van der Waals surface area contributed by atoms with Gasteiger partial charge in [0.15, 0.2) is 0 Å². The van der Waals surface area contributed by atoms with Gasteiger partial charge in [-0.25, -0.2) is 0 Å². The zero-order valence-electron chi connectivity index (χ0n) is 13.1. The quantitative estimate of drug-likeness (QED) is 0.751. The molecule has 0 spiro atoms. The predicted molar refractivity (Wildman–Crippen MR) is 80.1 cm³/mol. The van der Waals surface area contributed by atoms with Gasteiger partial charge in [0.25, 0.3) is 0 Å². The number of piperazine rings is 1. The van der Waals surface area contributed by atoms with Crippen LogP contribution in [0.25, 0.3) is 0 Å². The van der Waals surface area contributed by atoms with E-state index in [4.69, 9.17) is 0 Å². The van der Waals surface area contributed by atoms with Crippen molar-refractivity contribution in [3.8, 4) is 0 Å². The highest BCUT2D eigenvalue weighted by Crippen LogP contribution is 2.12. The third-order valence-electron chi connectivity index (χ3n) is 4.78. The Labute approximate surface area is 114 Å². The van der Waals surface area contributed by atoms with Crippen molar-refractivity contribution in [2.45, 2.75) is 52.6 Å². The molecule has 0 bridgehead atoms.